The molecule has 0 saturated heterocycles. The number of hydrogen-bond acceptors (Lipinski definition) is 4. The van der Waals surface area contributed by atoms with Gasteiger partial charge in [0.15, 0.2) is 5.82 Å². The Bertz CT molecular complexity index is 633. The lowest BCUT2D eigenvalue weighted by Crippen LogP contribution is -2.14. The average Bonchev–Trinajstić information content (AvgIpc) is 2.83. The number of rotatable bonds is 5. The third-order valence-electron chi connectivity index (χ3n) is 2.55. The molecule has 8 heteroatoms. The monoisotopic (exact) mass is 331 g/mol. The lowest BCUT2D eigenvalue weighted by atomic mass is 10.2. The molecule has 2 aromatic rings. The molecule has 0 bridgehead atoms. The first-order chi connectivity index (χ1) is 9.51. The van der Waals surface area contributed by atoms with Gasteiger partial charge in [0.25, 0.3) is 0 Å². The first kappa shape index (κ1) is 15.2. The van der Waals surface area contributed by atoms with Gasteiger partial charge >= 0.3 is 5.97 Å². The van der Waals surface area contributed by atoms with Crippen molar-refractivity contribution >= 4 is 40.9 Å². The maximum Gasteiger partial charge on any atom is 0.317 e. The van der Waals surface area contributed by atoms with Gasteiger partial charge in [0.1, 0.15) is 5.25 Å². The molecule has 0 aliphatic heterocycles. The van der Waals surface area contributed by atoms with Crippen molar-refractivity contribution in [1.29, 1.82) is 0 Å². The fraction of sp³-hybridized carbons (Fsp3) is 0.250. The first-order valence-corrected chi connectivity index (χ1v) is 7.42. The number of carboxylic acids is 1. The van der Waals surface area contributed by atoms with Crippen molar-refractivity contribution in [3.8, 4) is 11.4 Å². The molecule has 0 saturated carbocycles. The lowest BCUT2D eigenvalue weighted by Gasteiger charge is -2.04. The zero-order valence-electron chi connectivity index (χ0n) is 10.4. The van der Waals surface area contributed by atoms with E-state index in [-0.39, 0.29) is 0 Å². The number of aromatic amines is 1. The van der Waals surface area contributed by atoms with Crippen LogP contribution in [0.25, 0.3) is 11.4 Å². The van der Waals surface area contributed by atoms with E-state index in [1.807, 2.05) is 0 Å². The predicted octanol–water partition coefficient (Wildman–Crippen LogP) is 3.73. The van der Waals surface area contributed by atoms with Crippen LogP contribution in [0.1, 0.15) is 13.3 Å². The summed E-state index contributed by atoms with van der Waals surface area (Å²) in [6.07, 6.45) is 0.492. The number of thioether (sulfide) groups is 1. The number of benzene rings is 1. The van der Waals surface area contributed by atoms with Crippen LogP contribution in [0.15, 0.2) is 23.4 Å². The summed E-state index contributed by atoms with van der Waals surface area (Å²) in [6, 6.07) is 5.04. The van der Waals surface area contributed by atoms with Crippen molar-refractivity contribution in [2.24, 2.45) is 0 Å². The molecule has 0 aliphatic carbocycles. The van der Waals surface area contributed by atoms with Crippen molar-refractivity contribution in [2.75, 3.05) is 0 Å². The second kappa shape index (κ2) is 6.47. The normalized spacial score (nSPS) is 12.3. The van der Waals surface area contributed by atoms with Crippen LogP contribution in [-0.2, 0) is 4.79 Å². The van der Waals surface area contributed by atoms with Crippen LogP contribution in [0.2, 0.25) is 10.0 Å². The molecule has 2 N–H and O–H groups in total. The number of aromatic nitrogens is 3. The third kappa shape index (κ3) is 3.45. The topological polar surface area (TPSA) is 78.9 Å². The molecule has 0 aliphatic rings. The van der Waals surface area contributed by atoms with E-state index in [1.54, 1.807) is 25.1 Å². The molecule has 1 aromatic carbocycles. The SMILES string of the molecule is CCC(Sc1n[nH]c(-c2ccc(Cl)cc2Cl)n1)C(=O)O. The number of hydrogen-bond donors (Lipinski definition) is 2. The lowest BCUT2D eigenvalue weighted by molar-refractivity contribution is -0.136. The summed E-state index contributed by atoms with van der Waals surface area (Å²) in [7, 11) is 0. The van der Waals surface area contributed by atoms with E-state index in [2.05, 4.69) is 15.2 Å². The minimum absolute atomic E-state index is 0.375. The zero-order valence-corrected chi connectivity index (χ0v) is 12.8. The van der Waals surface area contributed by atoms with Crippen LogP contribution in [0, 0.1) is 0 Å². The Labute approximate surface area is 129 Å². The van der Waals surface area contributed by atoms with Gasteiger partial charge < -0.3 is 5.11 Å². The van der Waals surface area contributed by atoms with Gasteiger partial charge in [0.05, 0.1) is 5.02 Å². The van der Waals surface area contributed by atoms with Gasteiger partial charge in [-0.1, -0.05) is 41.9 Å². The van der Waals surface area contributed by atoms with Gasteiger partial charge in [-0.3, -0.25) is 9.89 Å². The second-order valence-corrected chi connectivity index (χ2v) is 5.96. The van der Waals surface area contributed by atoms with Crippen molar-refractivity contribution in [3.05, 3.63) is 28.2 Å². The second-order valence-electron chi connectivity index (χ2n) is 3.94. The van der Waals surface area contributed by atoms with Crippen LogP contribution in [0.4, 0.5) is 0 Å². The van der Waals surface area contributed by atoms with Crippen molar-refractivity contribution < 1.29 is 9.90 Å². The largest absolute Gasteiger partial charge is 0.480 e. The number of H-pyrrole nitrogens is 1. The van der Waals surface area contributed by atoms with Gasteiger partial charge in [-0.05, 0) is 24.6 Å². The first-order valence-electron chi connectivity index (χ1n) is 5.78. The molecule has 2 rings (SSSR count). The van der Waals surface area contributed by atoms with E-state index in [9.17, 15) is 4.79 Å². The number of nitrogens with zero attached hydrogens (tertiary/aromatic N) is 2. The molecule has 0 radical (unpaired) electrons. The summed E-state index contributed by atoms with van der Waals surface area (Å²) < 4.78 is 0. The Morgan fingerprint density at radius 1 is 1.50 bits per heavy atom. The highest BCUT2D eigenvalue weighted by Crippen LogP contribution is 2.30. The predicted molar refractivity (Wildman–Crippen MR) is 79.4 cm³/mol. The number of carboxylic acid groups (broad SMARTS) is 1. The maximum absolute atomic E-state index is 11.0. The van der Waals surface area contributed by atoms with Gasteiger partial charge in [0, 0.05) is 10.6 Å². The summed E-state index contributed by atoms with van der Waals surface area (Å²) in [5, 5.41) is 16.5. The number of halogens is 2. The van der Waals surface area contributed by atoms with Crippen LogP contribution >= 0.6 is 35.0 Å². The molecule has 1 atom stereocenters. The van der Waals surface area contributed by atoms with E-state index < -0.39 is 11.2 Å². The van der Waals surface area contributed by atoms with Gasteiger partial charge in [-0.25, -0.2) is 4.98 Å². The molecule has 1 aromatic heterocycles. The molecular formula is C12H11Cl2N3O2S. The van der Waals surface area contributed by atoms with Crippen molar-refractivity contribution in [1.82, 2.24) is 15.2 Å². The summed E-state index contributed by atoms with van der Waals surface area (Å²) in [6.45, 7) is 1.80. The molecule has 5 nitrogen and oxygen atoms in total. The number of carbonyl (C=O) groups is 1. The molecule has 0 fully saturated rings. The van der Waals surface area contributed by atoms with Gasteiger partial charge in [0.2, 0.25) is 5.16 Å². The van der Waals surface area contributed by atoms with Gasteiger partial charge in [-0.15, -0.1) is 5.10 Å². The summed E-state index contributed by atoms with van der Waals surface area (Å²) in [4.78, 5) is 15.2. The third-order valence-corrected chi connectivity index (χ3v) is 4.31. The highest BCUT2D eigenvalue weighted by Gasteiger charge is 2.19. The molecule has 0 amide bonds. The summed E-state index contributed by atoms with van der Waals surface area (Å²) in [5.74, 6) is -0.400. The highest BCUT2D eigenvalue weighted by atomic mass is 35.5. The van der Waals surface area contributed by atoms with Crippen LogP contribution in [0.3, 0.4) is 0 Å². The highest BCUT2D eigenvalue weighted by molar-refractivity contribution is 8.00. The minimum atomic E-state index is -0.881. The number of aliphatic carboxylic acids is 1. The van der Waals surface area contributed by atoms with Gasteiger partial charge in [-0.2, -0.15) is 0 Å². The molecule has 0 spiro atoms. The Morgan fingerprint density at radius 3 is 2.85 bits per heavy atom. The van der Waals surface area contributed by atoms with E-state index in [1.165, 1.54) is 0 Å². The Kier molecular flexibility index (Phi) is 4.91. The smallest absolute Gasteiger partial charge is 0.317 e. The van der Waals surface area contributed by atoms with Crippen LogP contribution in [0.5, 0.6) is 0 Å². The Hall–Kier alpha value is -1.24. The fourth-order valence-corrected chi connectivity index (χ4v) is 2.80. The quantitative estimate of drug-likeness (QED) is 0.816. The maximum atomic E-state index is 11.0. The molecule has 20 heavy (non-hydrogen) atoms. The van der Waals surface area contributed by atoms with Crippen LogP contribution < -0.4 is 0 Å². The van der Waals surface area contributed by atoms with Crippen molar-refractivity contribution in [3.63, 3.8) is 0 Å². The van der Waals surface area contributed by atoms with E-state index >= 15 is 0 Å². The Morgan fingerprint density at radius 2 is 2.25 bits per heavy atom. The number of nitrogens with one attached hydrogen (secondary N) is 1. The zero-order chi connectivity index (χ0) is 14.7. The van der Waals surface area contributed by atoms with Crippen LogP contribution in [-0.4, -0.2) is 31.5 Å². The van der Waals surface area contributed by atoms with Crippen molar-refractivity contribution in [2.45, 2.75) is 23.8 Å². The summed E-state index contributed by atoms with van der Waals surface area (Å²) >= 11 is 13.0. The molecule has 106 valence electrons. The standard InChI is InChI=1S/C12H11Cl2N3O2S/c1-2-9(11(18)19)20-12-15-10(16-17-12)7-4-3-6(13)5-8(7)14/h3-5,9H,2H2,1H3,(H,18,19)(H,15,16,17). The summed E-state index contributed by atoms with van der Waals surface area (Å²) in [5.41, 5.74) is 0.666. The molecule has 1 unspecified atom stereocenters. The van der Waals surface area contributed by atoms with E-state index in [4.69, 9.17) is 28.3 Å². The Balaban J connectivity index is 2.22. The fourth-order valence-electron chi connectivity index (χ4n) is 1.54. The van der Waals surface area contributed by atoms with E-state index in [0.29, 0.717) is 33.0 Å². The average molecular weight is 332 g/mol. The van der Waals surface area contributed by atoms with E-state index in [0.717, 1.165) is 11.8 Å². The molecule has 1 heterocycles. The minimum Gasteiger partial charge on any atom is -0.480 e. The molecular weight excluding hydrogens is 321 g/mol.